The Morgan fingerprint density at radius 2 is 2.24 bits per heavy atom. The summed E-state index contributed by atoms with van der Waals surface area (Å²) in [5.41, 5.74) is 0.520. The molecule has 1 N–H and O–H groups in total. The fraction of sp³-hybridized carbons (Fsp3) is 0.417. The van der Waals surface area contributed by atoms with Crippen LogP contribution in [0.1, 0.15) is 23.2 Å². The normalized spacial score (nSPS) is 10.1. The van der Waals surface area contributed by atoms with E-state index >= 15 is 0 Å². The van der Waals surface area contributed by atoms with Gasteiger partial charge in [0.2, 0.25) is 0 Å². The third-order valence-electron chi connectivity index (χ3n) is 2.25. The summed E-state index contributed by atoms with van der Waals surface area (Å²) in [5.74, 6) is 0.385. The standard InChI is InChI=1S/C12H15ClINO2/c1-17-11-8-9(13)4-5-10(11)12(16)15-7-3-2-6-14/h4-5,8H,2-3,6-7H2,1H3,(H,15,16). The number of rotatable bonds is 6. The summed E-state index contributed by atoms with van der Waals surface area (Å²) in [5, 5.41) is 3.42. The van der Waals surface area contributed by atoms with E-state index in [2.05, 4.69) is 27.9 Å². The van der Waals surface area contributed by atoms with Crippen molar-refractivity contribution in [1.29, 1.82) is 0 Å². The molecule has 1 aromatic carbocycles. The Bertz CT molecular complexity index is 385. The first-order chi connectivity index (χ1) is 8.19. The van der Waals surface area contributed by atoms with E-state index in [1.165, 1.54) is 7.11 Å². The second-order valence-corrected chi connectivity index (χ2v) is 5.01. The van der Waals surface area contributed by atoms with E-state index < -0.39 is 0 Å². The molecule has 17 heavy (non-hydrogen) atoms. The lowest BCUT2D eigenvalue weighted by Gasteiger charge is -2.09. The van der Waals surface area contributed by atoms with Crippen molar-refractivity contribution >= 4 is 40.1 Å². The van der Waals surface area contributed by atoms with E-state index in [-0.39, 0.29) is 5.91 Å². The Balaban J connectivity index is 2.62. The molecule has 1 rings (SSSR count). The van der Waals surface area contributed by atoms with E-state index in [1.807, 2.05) is 0 Å². The fourth-order valence-corrected chi connectivity index (χ4v) is 2.07. The highest BCUT2D eigenvalue weighted by Crippen LogP contribution is 2.22. The highest BCUT2D eigenvalue weighted by molar-refractivity contribution is 14.1. The molecule has 0 bridgehead atoms. The number of benzene rings is 1. The Morgan fingerprint density at radius 3 is 2.88 bits per heavy atom. The maximum Gasteiger partial charge on any atom is 0.255 e. The molecule has 0 saturated heterocycles. The van der Waals surface area contributed by atoms with Crippen LogP contribution in [0.15, 0.2) is 18.2 Å². The molecule has 0 heterocycles. The van der Waals surface area contributed by atoms with Gasteiger partial charge in [0.1, 0.15) is 5.75 Å². The van der Waals surface area contributed by atoms with Crippen molar-refractivity contribution in [3.05, 3.63) is 28.8 Å². The molecule has 1 amide bonds. The molecule has 3 nitrogen and oxygen atoms in total. The number of unbranched alkanes of at least 4 members (excludes halogenated alkanes) is 1. The third kappa shape index (κ3) is 4.71. The van der Waals surface area contributed by atoms with Crippen molar-refractivity contribution in [3.8, 4) is 5.75 Å². The zero-order valence-electron chi connectivity index (χ0n) is 9.63. The minimum absolute atomic E-state index is 0.119. The van der Waals surface area contributed by atoms with E-state index in [1.54, 1.807) is 18.2 Å². The van der Waals surface area contributed by atoms with Crippen molar-refractivity contribution < 1.29 is 9.53 Å². The molecule has 0 unspecified atom stereocenters. The van der Waals surface area contributed by atoms with Crippen molar-refractivity contribution in [2.75, 3.05) is 18.1 Å². The summed E-state index contributed by atoms with van der Waals surface area (Å²) in [6.45, 7) is 0.688. The number of hydrogen-bond acceptors (Lipinski definition) is 2. The third-order valence-corrected chi connectivity index (χ3v) is 3.25. The summed E-state index contributed by atoms with van der Waals surface area (Å²) < 4.78 is 6.24. The highest BCUT2D eigenvalue weighted by Gasteiger charge is 2.11. The van der Waals surface area contributed by atoms with Crippen LogP contribution in [0.3, 0.4) is 0 Å². The van der Waals surface area contributed by atoms with Crippen LogP contribution in [0.25, 0.3) is 0 Å². The van der Waals surface area contributed by atoms with Crippen molar-refractivity contribution in [3.63, 3.8) is 0 Å². The second-order valence-electron chi connectivity index (χ2n) is 3.50. The maximum atomic E-state index is 11.9. The average Bonchev–Trinajstić information content (AvgIpc) is 2.34. The lowest BCUT2D eigenvalue weighted by Crippen LogP contribution is -2.24. The molecular weight excluding hydrogens is 352 g/mol. The number of carbonyl (C=O) groups excluding carboxylic acids is 1. The van der Waals surface area contributed by atoms with Gasteiger partial charge in [0.05, 0.1) is 12.7 Å². The van der Waals surface area contributed by atoms with Gasteiger partial charge in [-0.25, -0.2) is 0 Å². The van der Waals surface area contributed by atoms with Crippen molar-refractivity contribution in [2.45, 2.75) is 12.8 Å². The minimum atomic E-state index is -0.119. The van der Waals surface area contributed by atoms with Crippen LogP contribution >= 0.6 is 34.2 Å². The SMILES string of the molecule is COc1cc(Cl)ccc1C(=O)NCCCCI. The Morgan fingerprint density at radius 1 is 1.47 bits per heavy atom. The van der Waals surface area contributed by atoms with Gasteiger partial charge in [0, 0.05) is 11.6 Å². The molecular formula is C12H15ClINO2. The number of halogens is 2. The van der Waals surface area contributed by atoms with Gasteiger partial charge in [-0.3, -0.25) is 4.79 Å². The summed E-state index contributed by atoms with van der Waals surface area (Å²) in [7, 11) is 1.53. The minimum Gasteiger partial charge on any atom is -0.496 e. The largest absolute Gasteiger partial charge is 0.496 e. The summed E-state index contributed by atoms with van der Waals surface area (Å²) >= 11 is 8.16. The predicted molar refractivity (Wildman–Crippen MR) is 78.5 cm³/mol. The van der Waals surface area contributed by atoms with E-state index in [0.717, 1.165) is 17.3 Å². The smallest absolute Gasteiger partial charge is 0.255 e. The summed E-state index contributed by atoms with van der Waals surface area (Å²) in [6.07, 6.45) is 2.10. The van der Waals surface area contributed by atoms with Gasteiger partial charge in [0.15, 0.2) is 0 Å². The highest BCUT2D eigenvalue weighted by atomic mass is 127. The molecule has 0 fully saturated rings. The van der Waals surface area contributed by atoms with Gasteiger partial charge in [-0.15, -0.1) is 0 Å². The van der Waals surface area contributed by atoms with Crippen LogP contribution in [0.4, 0.5) is 0 Å². The summed E-state index contributed by atoms with van der Waals surface area (Å²) in [6, 6.07) is 5.00. The lowest BCUT2D eigenvalue weighted by molar-refractivity contribution is 0.0950. The maximum absolute atomic E-state index is 11.9. The molecule has 0 spiro atoms. The van der Waals surface area contributed by atoms with Crippen LogP contribution in [0.5, 0.6) is 5.75 Å². The first-order valence-electron chi connectivity index (χ1n) is 5.36. The number of carbonyl (C=O) groups is 1. The molecule has 0 aliphatic heterocycles. The van der Waals surface area contributed by atoms with Crippen LogP contribution < -0.4 is 10.1 Å². The number of amides is 1. The fourth-order valence-electron chi connectivity index (χ4n) is 1.37. The van der Waals surface area contributed by atoms with Crippen LogP contribution in [0.2, 0.25) is 5.02 Å². The molecule has 0 aromatic heterocycles. The first-order valence-corrected chi connectivity index (χ1v) is 7.27. The van der Waals surface area contributed by atoms with Gasteiger partial charge in [0.25, 0.3) is 5.91 Å². The zero-order valence-corrected chi connectivity index (χ0v) is 12.5. The van der Waals surface area contributed by atoms with Crippen LogP contribution in [-0.4, -0.2) is 24.0 Å². The topological polar surface area (TPSA) is 38.3 Å². The number of alkyl halides is 1. The van der Waals surface area contributed by atoms with Gasteiger partial charge < -0.3 is 10.1 Å². The van der Waals surface area contributed by atoms with E-state index in [0.29, 0.717) is 22.9 Å². The molecule has 5 heteroatoms. The number of ether oxygens (including phenoxy) is 1. The average molecular weight is 368 g/mol. The molecule has 0 saturated carbocycles. The Labute approximate surface area is 120 Å². The molecule has 0 radical (unpaired) electrons. The second kappa shape index (κ2) is 7.76. The molecule has 94 valence electrons. The predicted octanol–water partition coefficient (Wildman–Crippen LogP) is 3.29. The van der Waals surface area contributed by atoms with Crippen molar-refractivity contribution in [2.24, 2.45) is 0 Å². The zero-order chi connectivity index (χ0) is 12.7. The molecule has 0 atom stereocenters. The van der Waals surface area contributed by atoms with Gasteiger partial charge >= 0.3 is 0 Å². The summed E-state index contributed by atoms with van der Waals surface area (Å²) in [4.78, 5) is 11.9. The van der Waals surface area contributed by atoms with Crippen LogP contribution in [0, 0.1) is 0 Å². The number of hydrogen-bond donors (Lipinski definition) is 1. The van der Waals surface area contributed by atoms with Gasteiger partial charge in [-0.2, -0.15) is 0 Å². The monoisotopic (exact) mass is 367 g/mol. The Hall–Kier alpha value is -0.490. The van der Waals surface area contributed by atoms with E-state index in [9.17, 15) is 4.79 Å². The van der Waals surface area contributed by atoms with Gasteiger partial charge in [-0.1, -0.05) is 34.2 Å². The number of methoxy groups -OCH3 is 1. The molecule has 0 aliphatic carbocycles. The first kappa shape index (κ1) is 14.6. The van der Waals surface area contributed by atoms with Gasteiger partial charge in [-0.05, 0) is 35.5 Å². The molecule has 0 aliphatic rings. The van der Waals surface area contributed by atoms with E-state index in [4.69, 9.17) is 16.3 Å². The van der Waals surface area contributed by atoms with Crippen molar-refractivity contribution in [1.82, 2.24) is 5.32 Å². The number of nitrogens with one attached hydrogen (secondary N) is 1. The van der Waals surface area contributed by atoms with Crippen LogP contribution in [-0.2, 0) is 0 Å². The molecule has 1 aromatic rings. The Kier molecular flexibility index (Phi) is 6.65. The lowest BCUT2D eigenvalue weighted by atomic mass is 10.2. The quantitative estimate of drug-likeness (QED) is 0.476.